The normalized spacial score (nSPS) is 18.4. The van der Waals surface area contributed by atoms with Crippen molar-refractivity contribution < 1.29 is 9.59 Å². The van der Waals surface area contributed by atoms with Crippen LogP contribution >= 0.6 is 0 Å². The maximum Gasteiger partial charge on any atom is 0.319 e. The molecule has 6 heteroatoms. The van der Waals surface area contributed by atoms with E-state index in [1.165, 1.54) is 0 Å². The van der Waals surface area contributed by atoms with Gasteiger partial charge in [-0.1, -0.05) is 18.2 Å². The SMILES string of the molecule is O=C(Nc1cnc2ccccc2c1)N[C@H]1CCCCNC1=O. The van der Waals surface area contributed by atoms with Crippen molar-refractivity contribution in [2.24, 2.45) is 0 Å². The summed E-state index contributed by atoms with van der Waals surface area (Å²) in [6, 6.07) is 8.67. The number of hydrogen-bond acceptors (Lipinski definition) is 3. The molecule has 0 spiro atoms. The van der Waals surface area contributed by atoms with E-state index >= 15 is 0 Å². The second kappa shape index (κ2) is 6.43. The summed E-state index contributed by atoms with van der Waals surface area (Å²) < 4.78 is 0. The van der Waals surface area contributed by atoms with Gasteiger partial charge in [0.05, 0.1) is 17.4 Å². The summed E-state index contributed by atoms with van der Waals surface area (Å²) in [5.74, 6) is -0.121. The molecule has 2 aromatic rings. The van der Waals surface area contributed by atoms with Crippen LogP contribution in [0.25, 0.3) is 10.9 Å². The molecule has 0 radical (unpaired) electrons. The van der Waals surface area contributed by atoms with E-state index in [1.807, 2.05) is 30.3 Å². The van der Waals surface area contributed by atoms with E-state index in [0.717, 1.165) is 23.7 Å². The van der Waals surface area contributed by atoms with Crippen LogP contribution in [0.1, 0.15) is 19.3 Å². The van der Waals surface area contributed by atoms with E-state index in [1.54, 1.807) is 6.20 Å². The van der Waals surface area contributed by atoms with Crippen molar-refractivity contribution in [1.82, 2.24) is 15.6 Å². The molecule has 1 aliphatic rings. The zero-order valence-electron chi connectivity index (χ0n) is 12.1. The smallest absolute Gasteiger partial charge is 0.319 e. The van der Waals surface area contributed by atoms with Crippen molar-refractivity contribution in [1.29, 1.82) is 0 Å². The predicted molar refractivity (Wildman–Crippen MR) is 84.5 cm³/mol. The number of urea groups is 1. The van der Waals surface area contributed by atoms with Gasteiger partial charge in [0, 0.05) is 11.9 Å². The zero-order chi connectivity index (χ0) is 15.4. The van der Waals surface area contributed by atoms with Gasteiger partial charge in [0.15, 0.2) is 0 Å². The summed E-state index contributed by atoms with van der Waals surface area (Å²) in [7, 11) is 0. The molecule has 3 N–H and O–H groups in total. The molecule has 1 aliphatic heterocycles. The van der Waals surface area contributed by atoms with Crippen molar-refractivity contribution >= 4 is 28.5 Å². The average molecular weight is 298 g/mol. The van der Waals surface area contributed by atoms with Crippen LogP contribution in [0.5, 0.6) is 0 Å². The summed E-state index contributed by atoms with van der Waals surface area (Å²) in [6.07, 6.45) is 4.13. The molecule has 6 nitrogen and oxygen atoms in total. The molecule has 1 aromatic heterocycles. The van der Waals surface area contributed by atoms with Gasteiger partial charge >= 0.3 is 6.03 Å². The number of nitrogens with one attached hydrogen (secondary N) is 3. The lowest BCUT2D eigenvalue weighted by Crippen LogP contribution is -2.47. The molecule has 0 aliphatic carbocycles. The number of carbonyl (C=O) groups excluding carboxylic acids is 2. The van der Waals surface area contributed by atoms with Gasteiger partial charge in [0.25, 0.3) is 0 Å². The Bertz CT molecular complexity index is 701. The molecule has 1 atom stereocenters. The van der Waals surface area contributed by atoms with Crippen molar-refractivity contribution in [2.45, 2.75) is 25.3 Å². The van der Waals surface area contributed by atoms with Crippen LogP contribution in [0.2, 0.25) is 0 Å². The summed E-state index contributed by atoms with van der Waals surface area (Å²) in [4.78, 5) is 28.1. The van der Waals surface area contributed by atoms with Crippen LogP contribution in [0.15, 0.2) is 36.5 Å². The number of fused-ring (bicyclic) bond motifs is 1. The fraction of sp³-hybridized carbons (Fsp3) is 0.312. The summed E-state index contributed by atoms with van der Waals surface area (Å²) >= 11 is 0. The number of carbonyl (C=O) groups is 2. The Kier molecular flexibility index (Phi) is 4.18. The second-order valence-corrected chi connectivity index (χ2v) is 5.35. The van der Waals surface area contributed by atoms with Crippen LogP contribution in [0.3, 0.4) is 0 Å². The topological polar surface area (TPSA) is 83.1 Å². The number of amides is 3. The number of aromatic nitrogens is 1. The first-order valence-corrected chi connectivity index (χ1v) is 7.42. The minimum absolute atomic E-state index is 0.121. The molecular weight excluding hydrogens is 280 g/mol. The van der Waals surface area contributed by atoms with Gasteiger partial charge in [-0.25, -0.2) is 4.79 Å². The van der Waals surface area contributed by atoms with Gasteiger partial charge in [-0.3, -0.25) is 9.78 Å². The zero-order valence-corrected chi connectivity index (χ0v) is 12.1. The van der Waals surface area contributed by atoms with Crippen LogP contribution in [-0.4, -0.2) is 29.5 Å². The maximum absolute atomic E-state index is 12.0. The van der Waals surface area contributed by atoms with Crippen molar-refractivity contribution in [3.8, 4) is 0 Å². The Labute approximate surface area is 128 Å². The van der Waals surface area contributed by atoms with Crippen molar-refractivity contribution in [2.75, 3.05) is 11.9 Å². The molecule has 1 fully saturated rings. The van der Waals surface area contributed by atoms with Crippen LogP contribution < -0.4 is 16.0 Å². The van der Waals surface area contributed by atoms with Crippen LogP contribution in [0.4, 0.5) is 10.5 Å². The van der Waals surface area contributed by atoms with Crippen LogP contribution in [-0.2, 0) is 4.79 Å². The highest BCUT2D eigenvalue weighted by molar-refractivity contribution is 5.95. The number of nitrogens with zero attached hydrogens (tertiary/aromatic N) is 1. The Morgan fingerprint density at radius 3 is 3.05 bits per heavy atom. The molecule has 1 aromatic carbocycles. The third-order valence-corrected chi connectivity index (χ3v) is 3.69. The highest BCUT2D eigenvalue weighted by Crippen LogP contribution is 2.16. The lowest BCUT2D eigenvalue weighted by Gasteiger charge is -2.15. The van der Waals surface area contributed by atoms with Gasteiger partial charge in [-0.15, -0.1) is 0 Å². The number of pyridine rings is 1. The molecule has 3 amide bonds. The van der Waals surface area contributed by atoms with E-state index in [0.29, 0.717) is 18.7 Å². The molecule has 2 heterocycles. The second-order valence-electron chi connectivity index (χ2n) is 5.35. The molecule has 0 unspecified atom stereocenters. The minimum atomic E-state index is -0.476. The highest BCUT2D eigenvalue weighted by Gasteiger charge is 2.22. The molecule has 0 bridgehead atoms. The lowest BCUT2D eigenvalue weighted by molar-refractivity contribution is -0.122. The number of para-hydroxylation sites is 1. The number of benzene rings is 1. The molecule has 0 saturated carbocycles. The standard InChI is InChI=1S/C16H18N4O2/c21-15-14(7-3-4-8-17-15)20-16(22)19-12-9-11-5-1-2-6-13(11)18-10-12/h1-2,5-6,9-10,14H,3-4,7-8H2,(H,17,21)(H2,19,20,22)/t14-/m0/s1. The fourth-order valence-corrected chi connectivity index (χ4v) is 2.54. The van der Waals surface area contributed by atoms with E-state index in [2.05, 4.69) is 20.9 Å². The third kappa shape index (κ3) is 3.33. The molecule has 114 valence electrons. The lowest BCUT2D eigenvalue weighted by atomic mass is 10.1. The fourth-order valence-electron chi connectivity index (χ4n) is 2.54. The molecule has 3 rings (SSSR count). The van der Waals surface area contributed by atoms with E-state index in [9.17, 15) is 9.59 Å². The van der Waals surface area contributed by atoms with Gasteiger partial charge in [-0.2, -0.15) is 0 Å². The van der Waals surface area contributed by atoms with E-state index in [-0.39, 0.29) is 11.9 Å². The Morgan fingerprint density at radius 1 is 1.27 bits per heavy atom. The Balaban J connectivity index is 1.66. The molecule has 1 saturated heterocycles. The highest BCUT2D eigenvalue weighted by atomic mass is 16.2. The summed E-state index contributed by atoms with van der Waals surface area (Å²) in [5, 5.41) is 9.19. The van der Waals surface area contributed by atoms with Gasteiger partial charge in [0.2, 0.25) is 5.91 Å². The van der Waals surface area contributed by atoms with Gasteiger partial charge < -0.3 is 16.0 Å². The summed E-state index contributed by atoms with van der Waals surface area (Å²) in [5.41, 5.74) is 1.47. The first-order valence-electron chi connectivity index (χ1n) is 7.42. The molecule has 22 heavy (non-hydrogen) atoms. The first-order chi connectivity index (χ1) is 10.7. The van der Waals surface area contributed by atoms with Crippen molar-refractivity contribution in [3.05, 3.63) is 36.5 Å². The number of rotatable bonds is 2. The Hall–Kier alpha value is -2.63. The van der Waals surface area contributed by atoms with Crippen molar-refractivity contribution in [3.63, 3.8) is 0 Å². The van der Waals surface area contributed by atoms with E-state index in [4.69, 9.17) is 0 Å². The first kappa shape index (κ1) is 14.3. The summed E-state index contributed by atoms with van der Waals surface area (Å²) in [6.45, 7) is 0.674. The third-order valence-electron chi connectivity index (χ3n) is 3.69. The minimum Gasteiger partial charge on any atom is -0.354 e. The Morgan fingerprint density at radius 2 is 2.14 bits per heavy atom. The monoisotopic (exact) mass is 298 g/mol. The number of hydrogen-bond donors (Lipinski definition) is 3. The average Bonchev–Trinajstić information content (AvgIpc) is 2.72. The van der Waals surface area contributed by atoms with Gasteiger partial charge in [0.1, 0.15) is 6.04 Å². The van der Waals surface area contributed by atoms with Gasteiger partial charge in [-0.05, 0) is 31.4 Å². The largest absolute Gasteiger partial charge is 0.354 e. The van der Waals surface area contributed by atoms with E-state index < -0.39 is 6.04 Å². The predicted octanol–water partition coefficient (Wildman–Crippen LogP) is 2.02. The van der Waals surface area contributed by atoms with Crippen LogP contribution in [0, 0.1) is 0 Å². The quantitative estimate of drug-likeness (QED) is 0.793. The molecular formula is C16H18N4O2. The maximum atomic E-state index is 12.0. The number of anilines is 1.